The highest BCUT2D eigenvalue weighted by molar-refractivity contribution is 5.39. The lowest BCUT2D eigenvalue weighted by Crippen LogP contribution is -2.50. The zero-order chi connectivity index (χ0) is 15.2. The Balaban J connectivity index is 1.91. The van der Waals surface area contributed by atoms with Crippen molar-refractivity contribution >= 4 is 0 Å². The van der Waals surface area contributed by atoms with Crippen molar-refractivity contribution < 1.29 is 14.9 Å². The normalized spacial score (nSPS) is 18.6. The number of hydrogen-bond donors (Lipinski definition) is 2. The Morgan fingerprint density at radius 2 is 1.95 bits per heavy atom. The summed E-state index contributed by atoms with van der Waals surface area (Å²) in [6, 6.07) is 5.62. The second-order valence-electron chi connectivity index (χ2n) is 5.55. The molecule has 1 aromatic carbocycles. The molecule has 1 atom stereocenters. The number of piperazine rings is 1. The summed E-state index contributed by atoms with van der Waals surface area (Å²) >= 11 is 0. The number of aliphatic hydroxyl groups is 1. The standard InChI is InChI=1S/C16H26N2O3/c1-3-14(12-19)18-8-6-17(7-9-18)11-13-10-15(21-2)4-5-16(13)20/h4-5,10,14,19-20H,3,6-9,11-12H2,1-2H3. The summed E-state index contributed by atoms with van der Waals surface area (Å²) in [4.78, 5) is 4.68. The lowest BCUT2D eigenvalue weighted by atomic mass is 10.1. The van der Waals surface area contributed by atoms with Gasteiger partial charge in [0.05, 0.1) is 13.7 Å². The number of ether oxygens (including phenoxy) is 1. The molecule has 0 bridgehead atoms. The molecule has 1 heterocycles. The van der Waals surface area contributed by atoms with E-state index in [-0.39, 0.29) is 12.6 Å². The molecular weight excluding hydrogens is 268 g/mol. The molecule has 1 unspecified atom stereocenters. The van der Waals surface area contributed by atoms with Gasteiger partial charge in [0.25, 0.3) is 0 Å². The van der Waals surface area contributed by atoms with Gasteiger partial charge in [-0.15, -0.1) is 0 Å². The summed E-state index contributed by atoms with van der Waals surface area (Å²) in [5, 5.41) is 19.3. The third kappa shape index (κ3) is 4.09. The number of hydrogen-bond acceptors (Lipinski definition) is 5. The summed E-state index contributed by atoms with van der Waals surface area (Å²) in [7, 11) is 1.63. The van der Waals surface area contributed by atoms with Gasteiger partial charge in [-0.2, -0.15) is 0 Å². The van der Waals surface area contributed by atoms with Crippen molar-refractivity contribution in [3.05, 3.63) is 23.8 Å². The van der Waals surface area contributed by atoms with Gasteiger partial charge in [-0.25, -0.2) is 0 Å². The van der Waals surface area contributed by atoms with Gasteiger partial charge in [0.2, 0.25) is 0 Å². The third-order valence-corrected chi connectivity index (χ3v) is 4.29. The maximum Gasteiger partial charge on any atom is 0.120 e. The Labute approximate surface area is 126 Å². The van der Waals surface area contributed by atoms with Gasteiger partial charge in [-0.05, 0) is 24.6 Å². The predicted molar refractivity (Wildman–Crippen MR) is 82.7 cm³/mol. The SMILES string of the molecule is CCC(CO)N1CCN(Cc2cc(OC)ccc2O)CC1. The Morgan fingerprint density at radius 1 is 1.24 bits per heavy atom. The fourth-order valence-electron chi connectivity index (χ4n) is 2.85. The van der Waals surface area contributed by atoms with Crippen molar-refractivity contribution in [3.63, 3.8) is 0 Å². The Bertz CT molecular complexity index is 441. The van der Waals surface area contributed by atoms with Crippen LogP contribution in [0.25, 0.3) is 0 Å². The number of phenolic OH excluding ortho intramolecular Hbond substituents is 1. The number of aromatic hydroxyl groups is 1. The molecule has 118 valence electrons. The average Bonchev–Trinajstić information content (AvgIpc) is 2.52. The van der Waals surface area contributed by atoms with E-state index in [2.05, 4.69) is 16.7 Å². The first-order chi connectivity index (χ1) is 10.2. The minimum Gasteiger partial charge on any atom is -0.508 e. The maximum atomic E-state index is 9.95. The maximum absolute atomic E-state index is 9.95. The van der Waals surface area contributed by atoms with Crippen LogP contribution in [0.15, 0.2) is 18.2 Å². The number of methoxy groups -OCH3 is 1. The second kappa shape index (κ2) is 7.64. The number of aliphatic hydroxyl groups excluding tert-OH is 1. The van der Waals surface area contributed by atoms with Gasteiger partial charge < -0.3 is 14.9 Å². The molecule has 0 spiro atoms. The van der Waals surface area contributed by atoms with Crippen LogP contribution in [-0.2, 0) is 6.54 Å². The van der Waals surface area contributed by atoms with Gasteiger partial charge in [0.15, 0.2) is 0 Å². The van der Waals surface area contributed by atoms with E-state index in [1.807, 2.05) is 6.07 Å². The molecule has 21 heavy (non-hydrogen) atoms. The van der Waals surface area contributed by atoms with Crippen molar-refractivity contribution in [1.82, 2.24) is 9.80 Å². The van der Waals surface area contributed by atoms with Crippen LogP contribution in [0, 0.1) is 0 Å². The van der Waals surface area contributed by atoms with Crippen LogP contribution in [0.4, 0.5) is 0 Å². The smallest absolute Gasteiger partial charge is 0.120 e. The topological polar surface area (TPSA) is 56.2 Å². The third-order valence-electron chi connectivity index (χ3n) is 4.29. The molecule has 5 nitrogen and oxygen atoms in total. The van der Waals surface area contributed by atoms with E-state index in [1.54, 1.807) is 19.2 Å². The second-order valence-corrected chi connectivity index (χ2v) is 5.55. The molecular formula is C16H26N2O3. The monoisotopic (exact) mass is 294 g/mol. The number of benzene rings is 1. The molecule has 1 aliphatic heterocycles. The van der Waals surface area contributed by atoms with Gasteiger partial charge in [0, 0.05) is 44.3 Å². The van der Waals surface area contributed by atoms with E-state index < -0.39 is 0 Å². The van der Waals surface area contributed by atoms with Crippen molar-refractivity contribution in [2.24, 2.45) is 0 Å². The zero-order valence-corrected chi connectivity index (χ0v) is 13.0. The first-order valence-corrected chi connectivity index (χ1v) is 7.61. The van der Waals surface area contributed by atoms with E-state index in [0.29, 0.717) is 5.75 Å². The van der Waals surface area contributed by atoms with E-state index in [4.69, 9.17) is 4.74 Å². The Hall–Kier alpha value is -1.30. The molecule has 1 fully saturated rings. The number of rotatable bonds is 6. The van der Waals surface area contributed by atoms with E-state index in [0.717, 1.165) is 50.5 Å². The molecule has 2 rings (SSSR count). The van der Waals surface area contributed by atoms with E-state index >= 15 is 0 Å². The van der Waals surface area contributed by atoms with Gasteiger partial charge >= 0.3 is 0 Å². The highest BCUT2D eigenvalue weighted by Crippen LogP contribution is 2.24. The zero-order valence-electron chi connectivity index (χ0n) is 13.0. The summed E-state index contributed by atoms with van der Waals surface area (Å²) in [6.07, 6.45) is 0.979. The van der Waals surface area contributed by atoms with E-state index in [9.17, 15) is 10.2 Å². The quantitative estimate of drug-likeness (QED) is 0.828. The molecule has 0 radical (unpaired) electrons. The van der Waals surface area contributed by atoms with Crippen molar-refractivity contribution in [1.29, 1.82) is 0 Å². The molecule has 0 amide bonds. The van der Waals surface area contributed by atoms with E-state index in [1.165, 1.54) is 0 Å². The van der Waals surface area contributed by atoms with Gasteiger partial charge in [0.1, 0.15) is 11.5 Å². The highest BCUT2D eigenvalue weighted by Gasteiger charge is 2.22. The highest BCUT2D eigenvalue weighted by atomic mass is 16.5. The molecule has 1 saturated heterocycles. The van der Waals surface area contributed by atoms with Crippen LogP contribution in [0.1, 0.15) is 18.9 Å². The van der Waals surface area contributed by atoms with Gasteiger partial charge in [-0.1, -0.05) is 6.92 Å². The van der Waals surface area contributed by atoms with Crippen LogP contribution in [-0.4, -0.2) is 66.0 Å². The lowest BCUT2D eigenvalue weighted by Gasteiger charge is -2.38. The van der Waals surface area contributed by atoms with Crippen molar-refractivity contribution in [2.45, 2.75) is 25.9 Å². The van der Waals surface area contributed by atoms with Crippen LogP contribution in [0.5, 0.6) is 11.5 Å². The van der Waals surface area contributed by atoms with Crippen molar-refractivity contribution in [2.75, 3.05) is 39.9 Å². The average molecular weight is 294 g/mol. The van der Waals surface area contributed by atoms with Crippen LogP contribution < -0.4 is 4.74 Å². The lowest BCUT2D eigenvalue weighted by molar-refractivity contribution is 0.0605. The summed E-state index contributed by atoms with van der Waals surface area (Å²) in [5.41, 5.74) is 0.900. The van der Waals surface area contributed by atoms with Crippen LogP contribution in [0.3, 0.4) is 0 Å². The van der Waals surface area contributed by atoms with Gasteiger partial charge in [-0.3, -0.25) is 9.80 Å². The molecule has 1 aromatic rings. The van der Waals surface area contributed by atoms with Crippen LogP contribution in [0.2, 0.25) is 0 Å². The largest absolute Gasteiger partial charge is 0.508 e. The number of phenols is 1. The molecule has 1 aliphatic rings. The van der Waals surface area contributed by atoms with Crippen molar-refractivity contribution in [3.8, 4) is 11.5 Å². The number of nitrogens with zero attached hydrogens (tertiary/aromatic N) is 2. The Morgan fingerprint density at radius 3 is 2.52 bits per heavy atom. The minimum absolute atomic E-state index is 0.229. The first-order valence-electron chi connectivity index (χ1n) is 7.61. The fourth-order valence-corrected chi connectivity index (χ4v) is 2.85. The minimum atomic E-state index is 0.229. The molecule has 0 aliphatic carbocycles. The summed E-state index contributed by atoms with van der Waals surface area (Å²) in [6.45, 7) is 6.90. The molecule has 2 N–H and O–H groups in total. The summed E-state index contributed by atoms with van der Waals surface area (Å²) in [5.74, 6) is 1.09. The molecule has 0 saturated carbocycles. The fraction of sp³-hybridized carbons (Fsp3) is 0.625. The first kappa shape index (κ1) is 16.1. The predicted octanol–water partition coefficient (Wildman–Crippen LogP) is 1.29. The Kier molecular flexibility index (Phi) is 5.85. The molecule has 0 aromatic heterocycles. The molecule has 5 heteroatoms. The van der Waals surface area contributed by atoms with Crippen LogP contribution >= 0.6 is 0 Å². The summed E-state index contributed by atoms with van der Waals surface area (Å²) < 4.78 is 5.21.